The van der Waals surface area contributed by atoms with Crippen molar-refractivity contribution in [2.45, 2.75) is 32.1 Å². The highest BCUT2D eigenvalue weighted by Crippen LogP contribution is 2.38. The molecular formula is C17H19N3O2SSi. The molecule has 3 heterocycles. The first-order valence-corrected chi connectivity index (χ1v) is 12.4. The zero-order valence-electron chi connectivity index (χ0n) is 14.0. The molecule has 2 amide bonds. The van der Waals surface area contributed by atoms with Crippen LogP contribution < -0.4 is 15.0 Å². The summed E-state index contributed by atoms with van der Waals surface area (Å²) in [6, 6.07) is 3.77. The number of nitrogens with one attached hydrogen (secondary N) is 1. The smallest absolute Gasteiger partial charge is 0.324 e. The highest BCUT2D eigenvalue weighted by atomic mass is 32.1. The Morgan fingerprint density at radius 2 is 2.25 bits per heavy atom. The number of fused-ring (bicyclic) bond motifs is 3. The van der Waals surface area contributed by atoms with Crippen LogP contribution in [0.5, 0.6) is 5.75 Å². The number of benzene rings is 1. The Morgan fingerprint density at radius 1 is 1.42 bits per heavy atom. The summed E-state index contributed by atoms with van der Waals surface area (Å²) in [5.41, 5.74) is 5.48. The molecule has 0 spiro atoms. The van der Waals surface area contributed by atoms with Gasteiger partial charge in [0.25, 0.3) is 0 Å². The summed E-state index contributed by atoms with van der Waals surface area (Å²) in [5.74, 6) is 4.21. The molecule has 0 bridgehead atoms. The van der Waals surface area contributed by atoms with Gasteiger partial charge >= 0.3 is 6.03 Å². The maximum absolute atomic E-state index is 12.3. The lowest BCUT2D eigenvalue weighted by atomic mass is 10.1. The van der Waals surface area contributed by atoms with E-state index in [2.05, 4.69) is 36.4 Å². The van der Waals surface area contributed by atoms with Gasteiger partial charge in [0.05, 0.1) is 23.4 Å². The number of carbonyl (C=O) groups excluding carboxylic acids is 1. The minimum Gasteiger partial charge on any atom is -0.493 e. The van der Waals surface area contributed by atoms with Gasteiger partial charge in [-0.15, -0.1) is 5.54 Å². The quantitative estimate of drug-likeness (QED) is 0.630. The Hall–Kier alpha value is -2.04. The number of amides is 2. The van der Waals surface area contributed by atoms with Crippen LogP contribution in [0.3, 0.4) is 0 Å². The van der Waals surface area contributed by atoms with Crippen molar-refractivity contribution in [3.63, 3.8) is 0 Å². The molecule has 7 heteroatoms. The summed E-state index contributed by atoms with van der Waals surface area (Å²) < 4.78 is 6.70. The zero-order valence-corrected chi connectivity index (χ0v) is 15.8. The summed E-state index contributed by atoms with van der Waals surface area (Å²) in [5, 5.41) is 3.61. The third kappa shape index (κ3) is 2.66. The number of rotatable bonds is 1. The van der Waals surface area contributed by atoms with Crippen molar-refractivity contribution >= 4 is 40.8 Å². The molecule has 2 aromatic rings. The predicted molar refractivity (Wildman–Crippen MR) is 99.6 cm³/mol. The number of carbonyl (C=O) groups is 1. The Labute approximate surface area is 146 Å². The van der Waals surface area contributed by atoms with Crippen LogP contribution in [0.15, 0.2) is 12.1 Å². The summed E-state index contributed by atoms with van der Waals surface area (Å²) in [6.07, 6.45) is 0.876. The first-order chi connectivity index (χ1) is 11.4. The number of aromatic nitrogens is 1. The Balaban J connectivity index is 1.74. The van der Waals surface area contributed by atoms with Gasteiger partial charge < -0.3 is 10.1 Å². The molecule has 1 saturated heterocycles. The van der Waals surface area contributed by atoms with Crippen LogP contribution in [0.4, 0.5) is 9.93 Å². The highest BCUT2D eigenvalue weighted by molar-refractivity contribution is 7.22. The fourth-order valence-electron chi connectivity index (χ4n) is 2.90. The highest BCUT2D eigenvalue weighted by Gasteiger charge is 2.34. The minimum absolute atomic E-state index is 0.114. The standard InChI is InChI=1S/C17H19N3O2SSi/c1-24(2,3)9-7-11-10-18-16(21)20(11)17-19-15-12-6-8-22-13(12)4-5-14(15)23-17/h4-5,11H,6,8,10H2,1-3H3,(H,18,21). The second-order valence-corrected chi connectivity index (χ2v) is 12.8. The van der Waals surface area contributed by atoms with Gasteiger partial charge in [0.2, 0.25) is 0 Å². The van der Waals surface area contributed by atoms with Gasteiger partial charge in [-0.1, -0.05) is 36.9 Å². The van der Waals surface area contributed by atoms with E-state index < -0.39 is 8.07 Å². The molecule has 0 aliphatic carbocycles. The number of urea groups is 1. The van der Waals surface area contributed by atoms with Gasteiger partial charge in [-0.05, 0) is 12.1 Å². The minimum atomic E-state index is -1.48. The van der Waals surface area contributed by atoms with Crippen molar-refractivity contribution in [1.82, 2.24) is 10.3 Å². The van der Waals surface area contributed by atoms with E-state index in [4.69, 9.17) is 9.72 Å². The topological polar surface area (TPSA) is 54.5 Å². The maximum atomic E-state index is 12.3. The molecule has 1 unspecified atom stereocenters. The fourth-order valence-corrected chi connectivity index (χ4v) is 4.54. The van der Waals surface area contributed by atoms with Gasteiger partial charge in [0.15, 0.2) is 5.13 Å². The van der Waals surface area contributed by atoms with Crippen molar-refractivity contribution in [1.29, 1.82) is 0 Å². The molecule has 24 heavy (non-hydrogen) atoms. The summed E-state index contributed by atoms with van der Waals surface area (Å²) >= 11 is 1.54. The van der Waals surface area contributed by atoms with Crippen LogP contribution >= 0.6 is 11.3 Å². The van der Waals surface area contributed by atoms with E-state index in [1.807, 2.05) is 12.1 Å². The van der Waals surface area contributed by atoms with Gasteiger partial charge in [0, 0.05) is 12.0 Å². The molecule has 1 atom stereocenters. The molecule has 0 saturated carbocycles. The Morgan fingerprint density at radius 3 is 3.04 bits per heavy atom. The summed E-state index contributed by atoms with van der Waals surface area (Å²) in [7, 11) is -1.48. The number of thiazole rings is 1. The van der Waals surface area contributed by atoms with Gasteiger partial charge in [-0.25, -0.2) is 9.78 Å². The van der Waals surface area contributed by atoms with Crippen molar-refractivity contribution in [2.24, 2.45) is 0 Å². The number of hydrogen-bond acceptors (Lipinski definition) is 4. The normalized spacial score (nSPS) is 19.7. The monoisotopic (exact) mass is 357 g/mol. The predicted octanol–water partition coefficient (Wildman–Crippen LogP) is 3.01. The van der Waals surface area contributed by atoms with Gasteiger partial charge in [-0.3, -0.25) is 4.90 Å². The molecule has 1 N–H and O–H groups in total. The first kappa shape index (κ1) is 15.5. The summed E-state index contributed by atoms with van der Waals surface area (Å²) in [4.78, 5) is 18.8. The molecule has 1 fully saturated rings. The third-order valence-corrected chi connectivity index (χ3v) is 5.93. The van der Waals surface area contributed by atoms with E-state index in [-0.39, 0.29) is 12.1 Å². The Bertz CT molecular complexity index is 891. The number of nitrogens with zero attached hydrogens (tertiary/aromatic N) is 2. The molecular weight excluding hydrogens is 338 g/mol. The SMILES string of the molecule is C[Si](C)(C)C#CC1CNC(=O)N1c1nc2c3c(ccc2s1)OCC3. The molecule has 1 aromatic heterocycles. The number of ether oxygens (including phenoxy) is 1. The lowest BCUT2D eigenvalue weighted by Gasteiger charge is -2.16. The van der Waals surface area contributed by atoms with E-state index in [9.17, 15) is 4.79 Å². The van der Waals surface area contributed by atoms with E-state index in [0.717, 1.165) is 33.1 Å². The van der Waals surface area contributed by atoms with E-state index in [1.165, 1.54) is 0 Å². The van der Waals surface area contributed by atoms with E-state index >= 15 is 0 Å². The van der Waals surface area contributed by atoms with Crippen LogP contribution in [0.1, 0.15) is 5.56 Å². The van der Waals surface area contributed by atoms with Gasteiger partial charge in [-0.2, -0.15) is 0 Å². The maximum Gasteiger partial charge on any atom is 0.324 e. The first-order valence-electron chi connectivity index (χ1n) is 8.07. The second kappa shape index (κ2) is 5.50. The molecule has 4 rings (SSSR count). The molecule has 2 aliphatic rings. The molecule has 1 aromatic carbocycles. The lowest BCUT2D eigenvalue weighted by molar-refractivity contribution is 0.252. The Kier molecular flexibility index (Phi) is 3.55. The number of anilines is 1. The van der Waals surface area contributed by atoms with Crippen LogP contribution in [-0.2, 0) is 6.42 Å². The fraction of sp³-hybridized carbons (Fsp3) is 0.412. The molecule has 2 aliphatic heterocycles. The van der Waals surface area contributed by atoms with Crippen LogP contribution in [0, 0.1) is 11.5 Å². The van der Waals surface area contributed by atoms with Crippen molar-refractivity contribution in [2.75, 3.05) is 18.1 Å². The lowest BCUT2D eigenvalue weighted by Crippen LogP contribution is -2.33. The summed E-state index contributed by atoms with van der Waals surface area (Å²) in [6.45, 7) is 7.86. The van der Waals surface area contributed by atoms with Crippen LogP contribution in [0.2, 0.25) is 19.6 Å². The molecule has 124 valence electrons. The van der Waals surface area contributed by atoms with Crippen molar-refractivity contribution < 1.29 is 9.53 Å². The number of hydrogen-bond donors (Lipinski definition) is 1. The van der Waals surface area contributed by atoms with Crippen molar-refractivity contribution in [3.8, 4) is 17.2 Å². The van der Waals surface area contributed by atoms with Crippen molar-refractivity contribution in [3.05, 3.63) is 17.7 Å². The second-order valence-electron chi connectivity index (χ2n) is 7.08. The average molecular weight is 358 g/mol. The third-order valence-electron chi connectivity index (χ3n) is 4.02. The molecule has 5 nitrogen and oxygen atoms in total. The average Bonchev–Trinajstić information content (AvgIpc) is 3.20. The van der Waals surface area contributed by atoms with Crippen LogP contribution in [0.25, 0.3) is 10.2 Å². The van der Waals surface area contributed by atoms with E-state index in [1.54, 1.807) is 16.2 Å². The largest absolute Gasteiger partial charge is 0.493 e. The van der Waals surface area contributed by atoms with Gasteiger partial charge in [0.1, 0.15) is 19.9 Å². The van der Waals surface area contributed by atoms with Crippen LogP contribution in [-0.4, -0.2) is 38.3 Å². The van der Waals surface area contributed by atoms with E-state index in [0.29, 0.717) is 13.2 Å². The zero-order chi connectivity index (χ0) is 16.9. The molecule has 0 radical (unpaired) electrons.